The molecule has 3 N–H and O–H groups in total. The Morgan fingerprint density at radius 3 is 2.67 bits per heavy atom. The van der Waals surface area contributed by atoms with E-state index in [-0.39, 0.29) is 11.4 Å². The Morgan fingerprint density at radius 1 is 1.50 bits per heavy atom. The number of primary amides is 1. The van der Waals surface area contributed by atoms with Gasteiger partial charge in [0.1, 0.15) is 0 Å². The molecule has 96 valence electrons. The number of nitrogens with two attached hydrogens (primary N) is 1. The zero-order valence-corrected chi connectivity index (χ0v) is 11.1. The Balaban J connectivity index is 2.69. The van der Waals surface area contributed by atoms with Crippen LogP contribution in [0.3, 0.4) is 0 Å². The van der Waals surface area contributed by atoms with Crippen LogP contribution < -0.4 is 11.1 Å². The number of aryl methyl sites for hydroxylation is 1. The van der Waals surface area contributed by atoms with Gasteiger partial charge in [0.15, 0.2) is 0 Å². The van der Waals surface area contributed by atoms with E-state index in [1.807, 2.05) is 32.9 Å². The molecule has 18 heavy (non-hydrogen) atoms. The van der Waals surface area contributed by atoms with Crippen molar-refractivity contribution >= 4 is 5.91 Å². The van der Waals surface area contributed by atoms with Crippen LogP contribution in [0.2, 0.25) is 0 Å². The van der Waals surface area contributed by atoms with Gasteiger partial charge >= 0.3 is 0 Å². The summed E-state index contributed by atoms with van der Waals surface area (Å²) in [6, 6.07) is 7.70. The summed E-state index contributed by atoms with van der Waals surface area (Å²) in [7, 11) is 0. The maximum atomic E-state index is 10.9. The van der Waals surface area contributed by atoms with Gasteiger partial charge in [-0.25, -0.2) is 0 Å². The summed E-state index contributed by atoms with van der Waals surface area (Å²) in [5.41, 5.74) is 7.72. The molecule has 0 bridgehead atoms. The fraction of sp³-hybridized carbons (Fsp3) is 0.429. The summed E-state index contributed by atoms with van der Waals surface area (Å²) in [6.45, 7) is 6.50. The molecular formula is C14H19N3O. The predicted octanol–water partition coefficient (Wildman–Crippen LogP) is 1.61. The van der Waals surface area contributed by atoms with Gasteiger partial charge < -0.3 is 11.1 Å². The van der Waals surface area contributed by atoms with Crippen molar-refractivity contribution in [1.29, 1.82) is 5.26 Å². The Kier molecular flexibility index (Phi) is 4.46. The van der Waals surface area contributed by atoms with Crippen LogP contribution in [-0.4, -0.2) is 11.4 Å². The fourth-order valence-electron chi connectivity index (χ4n) is 1.80. The predicted molar refractivity (Wildman–Crippen MR) is 70.6 cm³/mol. The summed E-state index contributed by atoms with van der Waals surface area (Å²) in [5.74, 6) is -0.316. The molecule has 0 aromatic heterocycles. The Labute approximate surface area is 108 Å². The number of nitriles is 1. The molecule has 0 aliphatic heterocycles. The summed E-state index contributed by atoms with van der Waals surface area (Å²) < 4.78 is 0. The molecule has 0 atom stereocenters. The number of carbonyl (C=O) groups excluding carboxylic acids is 1. The number of hydrogen-bond donors (Lipinski definition) is 2. The number of hydrogen-bond acceptors (Lipinski definition) is 3. The first-order valence-corrected chi connectivity index (χ1v) is 5.87. The van der Waals surface area contributed by atoms with Crippen molar-refractivity contribution in [2.45, 2.75) is 39.3 Å². The smallest absolute Gasteiger partial charge is 0.219 e. The number of nitrogens with zero attached hydrogens (tertiary/aromatic N) is 1. The molecule has 1 rings (SSSR count). The van der Waals surface area contributed by atoms with Crippen molar-refractivity contribution in [2.24, 2.45) is 5.73 Å². The van der Waals surface area contributed by atoms with E-state index in [2.05, 4.69) is 11.4 Å². The lowest BCUT2D eigenvalue weighted by Gasteiger charge is -2.25. The first kappa shape index (κ1) is 14.2. The Hall–Kier alpha value is -1.86. The van der Waals surface area contributed by atoms with E-state index in [0.29, 0.717) is 18.5 Å². The van der Waals surface area contributed by atoms with Crippen LogP contribution in [0.1, 0.15) is 37.0 Å². The zero-order valence-electron chi connectivity index (χ0n) is 11.1. The second-order valence-electron chi connectivity index (χ2n) is 5.13. The monoisotopic (exact) mass is 245 g/mol. The third-order valence-corrected chi connectivity index (χ3v) is 2.85. The average molecular weight is 245 g/mol. The molecule has 0 saturated heterocycles. The van der Waals surface area contributed by atoms with Gasteiger partial charge in [0.25, 0.3) is 0 Å². The van der Waals surface area contributed by atoms with E-state index in [0.717, 1.165) is 11.1 Å². The average Bonchev–Trinajstić information content (AvgIpc) is 2.25. The molecule has 0 unspecified atom stereocenters. The molecule has 0 aliphatic rings. The quantitative estimate of drug-likeness (QED) is 0.827. The van der Waals surface area contributed by atoms with Crippen molar-refractivity contribution in [3.05, 3.63) is 34.9 Å². The molecule has 0 aliphatic carbocycles. The molecule has 1 amide bonds. The fourth-order valence-corrected chi connectivity index (χ4v) is 1.80. The topological polar surface area (TPSA) is 78.9 Å². The molecule has 1 aromatic carbocycles. The summed E-state index contributed by atoms with van der Waals surface area (Å²) >= 11 is 0. The standard InChI is InChI=1S/C14H19N3O/c1-10-6-11(8-15)4-5-12(10)9-17-14(2,3)7-13(16)18/h4-6,17H,7,9H2,1-3H3,(H2,16,18). The van der Waals surface area contributed by atoms with E-state index in [9.17, 15) is 4.79 Å². The third-order valence-electron chi connectivity index (χ3n) is 2.85. The van der Waals surface area contributed by atoms with E-state index < -0.39 is 0 Å². The van der Waals surface area contributed by atoms with Crippen molar-refractivity contribution in [2.75, 3.05) is 0 Å². The molecule has 0 radical (unpaired) electrons. The van der Waals surface area contributed by atoms with Gasteiger partial charge in [-0.15, -0.1) is 0 Å². The van der Waals surface area contributed by atoms with E-state index in [1.54, 1.807) is 6.07 Å². The first-order valence-electron chi connectivity index (χ1n) is 5.87. The molecule has 4 heteroatoms. The molecular weight excluding hydrogens is 226 g/mol. The second kappa shape index (κ2) is 5.65. The third kappa shape index (κ3) is 4.19. The SMILES string of the molecule is Cc1cc(C#N)ccc1CNC(C)(C)CC(N)=O. The highest BCUT2D eigenvalue weighted by atomic mass is 16.1. The van der Waals surface area contributed by atoms with Gasteiger partial charge in [0.05, 0.1) is 11.6 Å². The second-order valence-corrected chi connectivity index (χ2v) is 5.13. The molecule has 0 spiro atoms. The van der Waals surface area contributed by atoms with Gasteiger partial charge in [-0.05, 0) is 44.0 Å². The van der Waals surface area contributed by atoms with Gasteiger partial charge in [0.2, 0.25) is 5.91 Å². The molecule has 1 aromatic rings. The molecule has 0 saturated carbocycles. The number of rotatable bonds is 5. The normalized spacial score (nSPS) is 11.0. The van der Waals surface area contributed by atoms with Gasteiger partial charge in [-0.3, -0.25) is 4.79 Å². The lowest BCUT2D eigenvalue weighted by molar-refractivity contribution is -0.119. The minimum Gasteiger partial charge on any atom is -0.370 e. The van der Waals surface area contributed by atoms with Crippen LogP contribution in [-0.2, 0) is 11.3 Å². The van der Waals surface area contributed by atoms with Crippen LogP contribution >= 0.6 is 0 Å². The van der Waals surface area contributed by atoms with Crippen molar-refractivity contribution in [1.82, 2.24) is 5.32 Å². The maximum absolute atomic E-state index is 10.9. The number of amides is 1. The summed E-state index contributed by atoms with van der Waals surface area (Å²) in [4.78, 5) is 10.9. The van der Waals surface area contributed by atoms with Crippen LogP contribution in [0, 0.1) is 18.3 Å². The van der Waals surface area contributed by atoms with E-state index in [1.165, 1.54) is 0 Å². The van der Waals surface area contributed by atoms with Crippen LogP contribution in [0.4, 0.5) is 0 Å². The lowest BCUT2D eigenvalue weighted by Crippen LogP contribution is -2.42. The number of benzene rings is 1. The largest absolute Gasteiger partial charge is 0.370 e. The minimum atomic E-state index is -0.327. The van der Waals surface area contributed by atoms with Gasteiger partial charge in [-0.1, -0.05) is 6.07 Å². The van der Waals surface area contributed by atoms with Crippen LogP contribution in [0.25, 0.3) is 0 Å². The maximum Gasteiger partial charge on any atom is 0.219 e. The molecule has 0 fully saturated rings. The number of nitrogens with one attached hydrogen (secondary N) is 1. The minimum absolute atomic E-state index is 0.294. The molecule has 0 heterocycles. The highest BCUT2D eigenvalue weighted by Crippen LogP contribution is 2.13. The summed E-state index contributed by atoms with van der Waals surface area (Å²) in [6.07, 6.45) is 0.294. The highest BCUT2D eigenvalue weighted by molar-refractivity contribution is 5.75. The van der Waals surface area contributed by atoms with Gasteiger partial charge in [-0.2, -0.15) is 5.26 Å². The Bertz CT molecular complexity index is 486. The number of carbonyl (C=O) groups is 1. The van der Waals surface area contributed by atoms with Gasteiger partial charge in [0, 0.05) is 18.5 Å². The lowest BCUT2D eigenvalue weighted by atomic mass is 9.98. The molecule has 4 nitrogen and oxygen atoms in total. The zero-order chi connectivity index (χ0) is 13.8. The van der Waals surface area contributed by atoms with E-state index >= 15 is 0 Å². The van der Waals surface area contributed by atoms with Crippen LogP contribution in [0.5, 0.6) is 0 Å². The van der Waals surface area contributed by atoms with Crippen LogP contribution in [0.15, 0.2) is 18.2 Å². The van der Waals surface area contributed by atoms with E-state index in [4.69, 9.17) is 11.0 Å². The highest BCUT2D eigenvalue weighted by Gasteiger charge is 2.19. The van der Waals surface area contributed by atoms with Crippen molar-refractivity contribution in [3.63, 3.8) is 0 Å². The Morgan fingerprint density at radius 2 is 2.17 bits per heavy atom. The summed E-state index contributed by atoms with van der Waals surface area (Å²) in [5, 5.41) is 12.1. The van der Waals surface area contributed by atoms with Crippen molar-refractivity contribution < 1.29 is 4.79 Å². The van der Waals surface area contributed by atoms with Crippen molar-refractivity contribution in [3.8, 4) is 6.07 Å². The first-order chi connectivity index (χ1) is 8.34.